The van der Waals surface area contributed by atoms with Crippen LogP contribution in [-0.2, 0) is 4.79 Å². The number of nitrogens with one attached hydrogen (secondary N) is 1. The van der Waals surface area contributed by atoms with E-state index in [1.165, 1.54) is 6.08 Å². The summed E-state index contributed by atoms with van der Waals surface area (Å²) in [5, 5.41) is 2.54. The third-order valence-electron chi connectivity index (χ3n) is 1.68. The molecule has 0 bridgehead atoms. The minimum atomic E-state index is -0.191. The van der Waals surface area contributed by atoms with E-state index in [0.29, 0.717) is 0 Å². The van der Waals surface area contributed by atoms with Gasteiger partial charge in [-0.05, 0) is 17.7 Å². The van der Waals surface area contributed by atoms with E-state index in [9.17, 15) is 4.79 Å². The van der Waals surface area contributed by atoms with Gasteiger partial charge in [-0.1, -0.05) is 40.0 Å². The molecule has 0 saturated heterocycles. The van der Waals surface area contributed by atoms with E-state index in [4.69, 9.17) is 6.42 Å². The largest absolute Gasteiger partial charge is 0.342 e. The monoisotopic (exact) mass is 263 g/mol. The van der Waals surface area contributed by atoms with E-state index in [2.05, 4.69) is 27.2 Å². The molecule has 1 N–H and O–H groups in total. The van der Waals surface area contributed by atoms with Crippen LogP contribution in [0.5, 0.6) is 0 Å². The van der Waals surface area contributed by atoms with Gasteiger partial charge in [-0.15, -0.1) is 6.42 Å². The van der Waals surface area contributed by atoms with Gasteiger partial charge >= 0.3 is 0 Å². The number of rotatable bonds is 3. The lowest BCUT2D eigenvalue weighted by Gasteiger charge is -1.97. The molecule has 0 aliphatic heterocycles. The summed E-state index contributed by atoms with van der Waals surface area (Å²) < 4.78 is 0.950. The summed E-state index contributed by atoms with van der Waals surface area (Å²) in [6, 6.07) is 7.65. The molecule has 1 rings (SSSR count). The summed E-state index contributed by atoms with van der Waals surface area (Å²) in [5.74, 6) is 2.14. The maximum absolute atomic E-state index is 11.2. The quantitative estimate of drug-likeness (QED) is 0.658. The van der Waals surface area contributed by atoms with Gasteiger partial charge in [0.05, 0.1) is 6.54 Å². The van der Waals surface area contributed by atoms with E-state index in [1.807, 2.05) is 24.3 Å². The molecule has 3 heteroatoms. The summed E-state index contributed by atoms with van der Waals surface area (Å²) >= 11 is 3.38. The predicted octanol–water partition coefficient (Wildman–Crippen LogP) is 2.21. The van der Waals surface area contributed by atoms with Crippen molar-refractivity contribution in [3.63, 3.8) is 0 Å². The van der Waals surface area contributed by atoms with Gasteiger partial charge in [0.15, 0.2) is 0 Å². The van der Waals surface area contributed by atoms with Crippen LogP contribution < -0.4 is 5.32 Å². The number of terminal acetylenes is 1. The first-order valence-electron chi connectivity index (χ1n) is 4.38. The molecule has 0 atom stereocenters. The van der Waals surface area contributed by atoms with Crippen LogP contribution in [0.1, 0.15) is 5.56 Å². The van der Waals surface area contributed by atoms with Gasteiger partial charge < -0.3 is 5.32 Å². The van der Waals surface area contributed by atoms with Crippen LogP contribution in [0.25, 0.3) is 6.08 Å². The molecule has 0 aromatic heterocycles. The third kappa shape index (κ3) is 4.01. The van der Waals surface area contributed by atoms with Crippen molar-refractivity contribution in [2.75, 3.05) is 6.54 Å². The lowest BCUT2D eigenvalue weighted by atomic mass is 10.2. The van der Waals surface area contributed by atoms with Crippen molar-refractivity contribution in [1.29, 1.82) is 0 Å². The fourth-order valence-corrected chi connectivity index (χ4v) is 1.39. The number of hydrogen-bond acceptors (Lipinski definition) is 1. The van der Waals surface area contributed by atoms with Crippen molar-refractivity contribution in [2.45, 2.75) is 0 Å². The molecule has 0 unspecified atom stereocenters. The highest BCUT2D eigenvalue weighted by Gasteiger charge is 1.95. The van der Waals surface area contributed by atoms with Crippen LogP contribution in [-0.4, -0.2) is 12.5 Å². The Morgan fingerprint density at radius 3 is 2.93 bits per heavy atom. The van der Waals surface area contributed by atoms with Gasteiger partial charge in [0, 0.05) is 10.5 Å². The Kier molecular flexibility index (Phi) is 4.65. The second-order valence-electron chi connectivity index (χ2n) is 2.78. The van der Waals surface area contributed by atoms with Crippen LogP contribution in [0.15, 0.2) is 34.8 Å². The molecule has 1 aromatic rings. The normalized spacial score (nSPS) is 9.87. The molecule has 2 nitrogen and oxygen atoms in total. The molecular formula is C12H10BrNO. The molecule has 0 spiro atoms. The summed E-state index contributed by atoms with van der Waals surface area (Å²) in [6.07, 6.45) is 8.20. The molecule has 15 heavy (non-hydrogen) atoms. The maximum Gasteiger partial charge on any atom is 0.244 e. The van der Waals surface area contributed by atoms with Crippen LogP contribution in [0, 0.1) is 12.3 Å². The number of benzene rings is 1. The van der Waals surface area contributed by atoms with Gasteiger partial charge in [-0.3, -0.25) is 4.79 Å². The number of hydrogen-bond donors (Lipinski definition) is 1. The first-order valence-corrected chi connectivity index (χ1v) is 5.17. The van der Waals surface area contributed by atoms with Crippen molar-refractivity contribution in [1.82, 2.24) is 5.32 Å². The fraction of sp³-hybridized carbons (Fsp3) is 0.0833. The minimum absolute atomic E-state index is 0.191. The van der Waals surface area contributed by atoms with Crippen molar-refractivity contribution >= 4 is 27.9 Å². The minimum Gasteiger partial charge on any atom is -0.342 e. The Labute approximate surface area is 97.5 Å². The number of carbonyl (C=O) groups is 1. The first kappa shape index (κ1) is 11.5. The summed E-state index contributed by atoms with van der Waals surface area (Å²) in [6.45, 7) is 0.249. The second-order valence-corrected chi connectivity index (χ2v) is 3.63. The Morgan fingerprint density at radius 2 is 2.27 bits per heavy atom. The van der Waals surface area contributed by atoms with E-state index >= 15 is 0 Å². The van der Waals surface area contributed by atoms with Gasteiger partial charge in [0.25, 0.3) is 0 Å². The molecule has 1 aromatic carbocycles. The van der Waals surface area contributed by atoms with E-state index in [1.54, 1.807) is 6.08 Å². The predicted molar refractivity (Wildman–Crippen MR) is 65.0 cm³/mol. The number of carbonyl (C=O) groups excluding carboxylic acids is 1. The zero-order chi connectivity index (χ0) is 11.1. The first-order chi connectivity index (χ1) is 7.24. The smallest absolute Gasteiger partial charge is 0.244 e. The topological polar surface area (TPSA) is 29.1 Å². The summed E-state index contributed by atoms with van der Waals surface area (Å²) in [7, 11) is 0. The van der Waals surface area contributed by atoms with Crippen LogP contribution in [0.2, 0.25) is 0 Å². The zero-order valence-corrected chi connectivity index (χ0v) is 9.62. The van der Waals surface area contributed by atoms with Gasteiger partial charge in [-0.2, -0.15) is 0 Å². The van der Waals surface area contributed by atoms with Crippen molar-refractivity contribution in [3.05, 3.63) is 40.4 Å². The third-order valence-corrected chi connectivity index (χ3v) is 2.41. The van der Waals surface area contributed by atoms with Crippen molar-refractivity contribution in [3.8, 4) is 12.3 Å². The molecule has 76 valence electrons. The van der Waals surface area contributed by atoms with Gasteiger partial charge in [-0.25, -0.2) is 0 Å². The highest BCUT2D eigenvalue weighted by Crippen LogP contribution is 2.16. The molecule has 0 aliphatic carbocycles. The van der Waals surface area contributed by atoms with Crippen molar-refractivity contribution < 1.29 is 4.79 Å². The zero-order valence-electron chi connectivity index (χ0n) is 8.03. The highest BCUT2D eigenvalue weighted by atomic mass is 79.9. The molecule has 0 fully saturated rings. The Morgan fingerprint density at radius 1 is 1.53 bits per heavy atom. The van der Waals surface area contributed by atoms with Gasteiger partial charge in [0.1, 0.15) is 0 Å². The lowest BCUT2D eigenvalue weighted by molar-refractivity contribution is -0.116. The van der Waals surface area contributed by atoms with E-state index < -0.39 is 0 Å². The van der Waals surface area contributed by atoms with E-state index in [-0.39, 0.29) is 12.5 Å². The summed E-state index contributed by atoms with van der Waals surface area (Å²) in [5.41, 5.74) is 0.952. The maximum atomic E-state index is 11.2. The Hall–Kier alpha value is -1.53. The van der Waals surface area contributed by atoms with E-state index in [0.717, 1.165) is 10.0 Å². The standard InChI is InChI=1S/C12H10BrNO/c1-2-9-14-12(15)8-7-10-5-3-4-6-11(10)13/h1,3-8H,9H2,(H,14,15). The van der Waals surface area contributed by atoms with Crippen LogP contribution in [0.3, 0.4) is 0 Å². The SMILES string of the molecule is C#CCNC(=O)C=Cc1ccccc1Br. The number of halogens is 1. The lowest BCUT2D eigenvalue weighted by Crippen LogP contribution is -2.20. The average molecular weight is 264 g/mol. The molecule has 0 radical (unpaired) electrons. The van der Waals surface area contributed by atoms with Crippen molar-refractivity contribution in [2.24, 2.45) is 0 Å². The highest BCUT2D eigenvalue weighted by molar-refractivity contribution is 9.10. The molecule has 0 heterocycles. The second kappa shape index (κ2) is 6.05. The Bertz CT molecular complexity index is 418. The van der Waals surface area contributed by atoms with Gasteiger partial charge in [0.2, 0.25) is 5.91 Å². The molecule has 0 saturated carbocycles. The Balaban J connectivity index is 2.62. The number of amides is 1. The summed E-state index contributed by atoms with van der Waals surface area (Å²) in [4.78, 5) is 11.2. The molecule has 1 amide bonds. The van der Waals surface area contributed by atoms with Crippen LogP contribution >= 0.6 is 15.9 Å². The van der Waals surface area contributed by atoms with Crippen LogP contribution in [0.4, 0.5) is 0 Å². The molecular weight excluding hydrogens is 254 g/mol. The molecule has 0 aliphatic rings. The average Bonchev–Trinajstić information content (AvgIpc) is 2.25. The fourth-order valence-electron chi connectivity index (χ4n) is 0.973.